The van der Waals surface area contributed by atoms with Gasteiger partial charge in [-0.25, -0.2) is 0 Å². The van der Waals surface area contributed by atoms with Gasteiger partial charge in [0.25, 0.3) is 0 Å². The lowest BCUT2D eigenvalue weighted by atomic mass is 9.56. The summed E-state index contributed by atoms with van der Waals surface area (Å²) in [5.41, 5.74) is 1.95. The first kappa shape index (κ1) is 14.6. The molecule has 0 radical (unpaired) electrons. The predicted octanol–water partition coefficient (Wildman–Crippen LogP) is 3.29. The minimum atomic E-state index is -0.203. The maximum atomic E-state index is 10.2. The fourth-order valence-corrected chi connectivity index (χ4v) is 4.30. The normalized spacial score (nSPS) is 39.0. The van der Waals surface area contributed by atoms with Crippen LogP contribution in [-0.4, -0.2) is 23.4 Å². The van der Waals surface area contributed by atoms with Crippen LogP contribution in [0.4, 0.5) is 0 Å². The van der Waals surface area contributed by atoms with Crippen LogP contribution in [0.2, 0.25) is 0 Å². The van der Waals surface area contributed by atoms with Gasteiger partial charge >= 0.3 is 0 Å². The molecule has 114 valence electrons. The number of phenols is 1. The van der Waals surface area contributed by atoms with Gasteiger partial charge in [-0.3, -0.25) is 0 Å². The highest BCUT2D eigenvalue weighted by molar-refractivity contribution is 5.37. The van der Waals surface area contributed by atoms with E-state index in [9.17, 15) is 10.2 Å². The minimum absolute atomic E-state index is 0.135. The minimum Gasteiger partial charge on any atom is -0.508 e. The fourth-order valence-electron chi connectivity index (χ4n) is 4.30. The van der Waals surface area contributed by atoms with Crippen molar-refractivity contribution in [1.82, 2.24) is 0 Å². The molecule has 1 aromatic rings. The molecule has 3 heteroatoms. The highest BCUT2D eigenvalue weighted by Crippen LogP contribution is 2.56. The lowest BCUT2D eigenvalue weighted by Crippen LogP contribution is -2.53. The zero-order valence-electron chi connectivity index (χ0n) is 12.9. The van der Waals surface area contributed by atoms with E-state index in [-0.39, 0.29) is 29.8 Å². The first-order valence-corrected chi connectivity index (χ1v) is 7.70. The van der Waals surface area contributed by atoms with Crippen molar-refractivity contribution in [3.8, 4) is 5.75 Å². The molecule has 1 saturated heterocycles. The van der Waals surface area contributed by atoms with E-state index >= 15 is 0 Å². The summed E-state index contributed by atoms with van der Waals surface area (Å²) in [4.78, 5) is 0. The number of aliphatic hydroxyl groups excluding tert-OH is 1. The molecule has 0 amide bonds. The summed E-state index contributed by atoms with van der Waals surface area (Å²) in [6.45, 7) is 7.19. The summed E-state index contributed by atoms with van der Waals surface area (Å²) >= 11 is 0. The average molecular weight is 288 g/mol. The zero-order chi connectivity index (χ0) is 15.2. The number of aliphatic hydroxyl groups is 1. The molecule has 0 saturated carbocycles. The van der Waals surface area contributed by atoms with Crippen LogP contribution in [0.15, 0.2) is 35.9 Å². The van der Waals surface area contributed by atoms with Crippen molar-refractivity contribution in [3.63, 3.8) is 0 Å². The molecule has 1 aliphatic heterocycles. The number of aromatic hydroxyl groups is 1. The van der Waals surface area contributed by atoms with Crippen molar-refractivity contribution in [2.45, 2.75) is 26.9 Å². The zero-order valence-corrected chi connectivity index (χ0v) is 12.9. The van der Waals surface area contributed by atoms with E-state index in [4.69, 9.17) is 4.74 Å². The Morgan fingerprint density at radius 2 is 2.00 bits per heavy atom. The van der Waals surface area contributed by atoms with Crippen molar-refractivity contribution in [2.75, 3.05) is 13.2 Å². The Labute approximate surface area is 126 Å². The standard InChI is InChI=1S/C18H24O3/c1-11-8-12(2)18(9-19)10-21-17(16(11)13(18)3)14-6-4-5-7-15(14)20/h4-8,12-13,16-17,19-20H,9-10H2,1-3H3/t12-,13+,16-,17+,18-/m0/s1. The first-order chi connectivity index (χ1) is 10.0. The molecule has 3 nitrogen and oxygen atoms in total. The maximum absolute atomic E-state index is 10.2. The molecular weight excluding hydrogens is 264 g/mol. The van der Waals surface area contributed by atoms with Crippen LogP contribution in [-0.2, 0) is 4.74 Å². The number of fused-ring (bicyclic) bond motifs is 2. The third-order valence-corrected chi connectivity index (χ3v) is 5.79. The van der Waals surface area contributed by atoms with Crippen LogP contribution >= 0.6 is 0 Å². The summed E-state index contributed by atoms with van der Waals surface area (Å²) < 4.78 is 6.16. The Balaban J connectivity index is 2.06. The smallest absolute Gasteiger partial charge is 0.121 e. The molecule has 2 bridgehead atoms. The van der Waals surface area contributed by atoms with E-state index in [1.807, 2.05) is 18.2 Å². The van der Waals surface area contributed by atoms with E-state index in [0.717, 1.165) is 5.56 Å². The van der Waals surface area contributed by atoms with Gasteiger partial charge in [-0.15, -0.1) is 0 Å². The summed E-state index contributed by atoms with van der Waals surface area (Å²) in [6, 6.07) is 7.40. The molecule has 21 heavy (non-hydrogen) atoms. The molecular formula is C18H24O3. The van der Waals surface area contributed by atoms with E-state index in [1.54, 1.807) is 6.07 Å². The Morgan fingerprint density at radius 1 is 1.29 bits per heavy atom. The van der Waals surface area contributed by atoms with Gasteiger partial charge in [0.15, 0.2) is 0 Å². The second-order valence-electron chi connectivity index (χ2n) is 6.70. The number of hydrogen-bond acceptors (Lipinski definition) is 3. The Kier molecular flexibility index (Phi) is 3.58. The van der Waals surface area contributed by atoms with Gasteiger partial charge < -0.3 is 14.9 Å². The largest absolute Gasteiger partial charge is 0.508 e. The fraction of sp³-hybridized carbons (Fsp3) is 0.556. The lowest BCUT2D eigenvalue weighted by Gasteiger charge is -2.55. The SMILES string of the molecule is CC1=C[C@H](C)[C@]2(CO)CO[C@H](c3ccccc3O)[C@@H]1[C@H]2C. The van der Waals surface area contributed by atoms with E-state index in [2.05, 4.69) is 26.8 Å². The molecule has 0 spiro atoms. The maximum Gasteiger partial charge on any atom is 0.121 e. The summed E-state index contributed by atoms with van der Waals surface area (Å²) in [5, 5.41) is 20.1. The predicted molar refractivity (Wildman–Crippen MR) is 81.9 cm³/mol. The summed E-state index contributed by atoms with van der Waals surface area (Å²) in [6.07, 6.45) is 2.14. The van der Waals surface area contributed by atoms with Gasteiger partial charge in [-0.2, -0.15) is 0 Å². The Bertz CT molecular complexity index is 565. The van der Waals surface area contributed by atoms with Crippen molar-refractivity contribution in [1.29, 1.82) is 0 Å². The van der Waals surface area contributed by atoms with Crippen LogP contribution < -0.4 is 0 Å². The molecule has 1 heterocycles. The molecule has 2 N–H and O–H groups in total. The van der Waals surface area contributed by atoms with Crippen molar-refractivity contribution >= 4 is 0 Å². The average Bonchev–Trinajstić information content (AvgIpc) is 2.46. The summed E-state index contributed by atoms with van der Waals surface area (Å²) in [5.74, 6) is 1.12. The molecule has 0 unspecified atom stereocenters. The lowest BCUT2D eigenvalue weighted by molar-refractivity contribution is -0.165. The second kappa shape index (κ2) is 5.15. The molecule has 1 aromatic carbocycles. The number of para-hydroxylation sites is 1. The first-order valence-electron chi connectivity index (χ1n) is 7.70. The number of ether oxygens (including phenoxy) is 1. The van der Waals surface area contributed by atoms with Gasteiger partial charge in [0.1, 0.15) is 5.75 Å². The highest BCUT2D eigenvalue weighted by Gasteiger charge is 2.53. The molecule has 3 rings (SSSR count). The van der Waals surface area contributed by atoms with Gasteiger partial charge in [0, 0.05) is 16.9 Å². The van der Waals surface area contributed by atoms with E-state index < -0.39 is 0 Å². The number of benzene rings is 1. The number of allylic oxidation sites excluding steroid dienone is 1. The van der Waals surface area contributed by atoms with E-state index in [1.165, 1.54) is 5.57 Å². The molecule has 1 aliphatic carbocycles. The van der Waals surface area contributed by atoms with Gasteiger partial charge in [0.05, 0.1) is 19.3 Å². The third kappa shape index (κ3) is 2.02. The van der Waals surface area contributed by atoms with Crippen molar-refractivity contribution in [3.05, 3.63) is 41.5 Å². The van der Waals surface area contributed by atoms with Gasteiger partial charge in [-0.05, 0) is 24.8 Å². The number of rotatable bonds is 2. The number of hydrogen-bond donors (Lipinski definition) is 2. The second-order valence-corrected chi connectivity index (χ2v) is 6.70. The van der Waals surface area contributed by atoms with Gasteiger partial charge in [0.2, 0.25) is 0 Å². The van der Waals surface area contributed by atoms with Crippen LogP contribution in [0, 0.1) is 23.2 Å². The monoisotopic (exact) mass is 288 g/mol. The topological polar surface area (TPSA) is 49.7 Å². The molecule has 2 aliphatic rings. The van der Waals surface area contributed by atoms with Crippen molar-refractivity contribution < 1.29 is 14.9 Å². The third-order valence-electron chi connectivity index (χ3n) is 5.79. The number of phenolic OH excluding ortho intramolecular Hbond substituents is 1. The molecule has 0 aromatic heterocycles. The van der Waals surface area contributed by atoms with Crippen LogP contribution in [0.1, 0.15) is 32.4 Å². The Hall–Kier alpha value is -1.32. The van der Waals surface area contributed by atoms with Crippen LogP contribution in [0.25, 0.3) is 0 Å². The molecule has 5 atom stereocenters. The van der Waals surface area contributed by atoms with Crippen molar-refractivity contribution in [2.24, 2.45) is 23.2 Å². The van der Waals surface area contributed by atoms with Crippen LogP contribution in [0.3, 0.4) is 0 Å². The quantitative estimate of drug-likeness (QED) is 0.821. The van der Waals surface area contributed by atoms with Gasteiger partial charge in [-0.1, -0.05) is 43.7 Å². The van der Waals surface area contributed by atoms with E-state index in [0.29, 0.717) is 18.4 Å². The summed E-state index contributed by atoms with van der Waals surface area (Å²) in [7, 11) is 0. The highest BCUT2D eigenvalue weighted by atomic mass is 16.5. The van der Waals surface area contributed by atoms with Crippen LogP contribution in [0.5, 0.6) is 5.75 Å². The Morgan fingerprint density at radius 3 is 2.67 bits per heavy atom. The molecule has 1 fully saturated rings.